The molecule has 94 valence electrons. The summed E-state index contributed by atoms with van der Waals surface area (Å²) >= 11 is 0. The van der Waals surface area contributed by atoms with E-state index in [4.69, 9.17) is 9.78 Å². The van der Waals surface area contributed by atoms with Gasteiger partial charge < -0.3 is 14.8 Å². The van der Waals surface area contributed by atoms with Gasteiger partial charge in [0.2, 0.25) is 0 Å². The Kier molecular flexibility index (Phi) is 4.52. The summed E-state index contributed by atoms with van der Waals surface area (Å²) in [5, 5.41) is 10.8. The minimum Gasteiger partial charge on any atom is -0.545 e. The van der Waals surface area contributed by atoms with Gasteiger partial charge in [-0.3, -0.25) is 0 Å². The Hall–Kier alpha value is -1.55. The third-order valence-corrected chi connectivity index (χ3v) is 2.32. The van der Waals surface area contributed by atoms with Crippen LogP contribution in [0.15, 0.2) is 24.3 Å². The van der Waals surface area contributed by atoms with Gasteiger partial charge in [-0.15, -0.1) is 0 Å². The first-order chi connectivity index (χ1) is 7.96. The Morgan fingerprint density at radius 3 is 2.59 bits per heavy atom. The van der Waals surface area contributed by atoms with E-state index in [9.17, 15) is 9.90 Å². The van der Waals surface area contributed by atoms with Crippen molar-refractivity contribution >= 4 is 5.97 Å². The monoisotopic (exact) mass is 237 g/mol. The number of carbonyl (C=O) groups excluding carboxylic acids is 1. The molecule has 0 saturated carbocycles. The molecule has 4 heteroatoms. The zero-order chi connectivity index (χ0) is 12.9. The van der Waals surface area contributed by atoms with Crippen LogP contribution in [0.25, 0.3) is 0 Å². The van der Waals surface area contributed by atoms with Crippen molar-refractivity contribution in [1.29, 1.82) is 0 Å². The molecule has 0 bridgehead atoms. The number of carboxylic acids is 1. The van der Waals surface area contributed by atoms with Crippen molar-refractivity contribution in [1.82, 2.24) is 0 Å². The third-order valence-electron chi connectivity index (χ3n) is 2.32. The summed E-state index contributed by atoms with van der Waals surface area (Å²) in [7, 11) is 0. The molecule has 17 heavy (non-hydrogen) atoms. The van der Waals surface area contributed by atoms with E-state index in [0.717, 1.165) is 12.8 Å². The van der Waals surface area contributed by atoms with Crippen LogP contribution >= 0.6 is 0 Å². The van der Waals surface area contributed by atoms with Crippen molar-refractivity contribution in [2.45, 2.75) is 39.2 Å². The van der Waals surface area contributed by atoms with Crippen molar-refractivity contribution in [3.05, 3.63) is 29.8 Å². The van der Waals surface area contributed by atoms with Crippen molar-refractivity contribution in [3.63, 3.8) is 0 Å². The molecule has 1 aromatic rings. The van der Waals surface area contributed by atoms with Crippen molar-refractivity contribution in [2.24, 2.45) is 0 Å². The highest BCUT2D eigenvalue weighted by Gasteiger charge is 2.20. The number of rotatable bonds is 6. The molecule has 0 aliphatic heterocycles. The van der Waals surface area contributed by atoms with E-state index in [0.29, 0.717) is 0 Å². The van der Waals surface area contributed by atoms with Gasteiger partial charge in [0, 0.05) is 5.56 Å². The van der Waals surface area contributed by atoms with Crippen molar-refractivity contribution in [3.8, 4) is 5.75 Å². The average molecular weight is 237 g/mol. The number of hydrogen-bond acceptors (Lipinski definition) is 4. The summed E-state index contributed by atoms with van der Waals surface area (Å²) in [5.41, 5.74) is -0.465. The van der Waals surface area contributed by atoms with E-state index >= 15 is 0 Å². The summed E-state index contributed by atoms with van der Waals surface area (Å²) in [6, 6.07) is 6.24. The molecule has 1 rings (SSSR count). The number of aromatic carboxylic acids is 1. The molecule has 4 nitrogen and oxygen atoms in total. The Morgan fingerprint density at radius 1 is 1.35 bits per heavy atom. The summed E-state index contributed by atoms with van der Waals surface area (Å²) in [5.74, 6) is -1.12. The summed E-state index contributed by atoms with van der Waals surface area (Å²) in [4.78, 5) is 21.2. The number of para-hydroxylation sites is 1. The maximum atomic E-state index is 10.8. The molecule has 0 aromatic heterocycles. The first kappa shape index (κ1) is 13.5. The lowest BCUT2D eigenvalue weighted by atomic mass is 10.0. The van der Waals surface area contributed by atoms with Crippen LogP contribution in [-0.2, 0) is 4.89 Å². The number of benzene rings is 1. The second kappa shape index (κ2) is 5.68. The van der Waals surface area contributed by atoms with E-state index in [-0.39, 0.29) is 11.3 Å². The van der Waals surface area contributed by atoms with Gasteiger partial charge >= 0.3 is 0 Å². The van der Waals surface area contributed by atoms with Crippen LogP contribution in [-0.4, -0.2) is 11.6 Å². The molecule has 0 heterocycles. The standard InChI is InChI=1S/C13H18O4/c1-4-9-13(2,3)17-16-11-8-6-5-7-10(11)12(14)15/h5-8H,4,9H2,1-3H3,(H,14,15)/p-1. The Labute approximate surface area is 101 Å². The van der Waals surface area contributed by atoms with Crippen LogP contribution in [0.3, 0.4) is 0 Å². The molecule has 0 fully saturated rings. The third kappa shape index (κ3) is 4.07. The zero-order valence-electron chi connectivity index (χ0n) is 10.4. The van der Waals surface area contributed by atoms with Crippen molar-refractivity contribution < 1.29 is 19.7 Å². The summed E-state index contributed by atoms with van der Waals surface area (Å²) < 4.78 is 0. The predicted molar refractivity (Wildman–Crippen MR) is 61.5 cm³/mol. The van der Waals surface area contributed by atoms with Crippen molar-refractivity contribution in [2.75, 3.05) is 0 Å². The first-order valence-electron chi connectivity index (χ1n) is 5.62. The molecule has 0 atom stereocenters. The molecular weight excluding hydrogens is 220 g/mol. The van der Waals surface area contributed by atoms with Crippen LogP contribution in [0.1, 0.15) is 44.0 Å². The van der Waals surface area contributed by atoms with Gasteiger partial charge in [0.1, 0.15) is 5.60 Å². The van der Waals surface area contributed by atoms with Gasteiger partial charge in [-0.25, -0.2) is 0 Å². The molecule has 0 saturated heterocycles. The fourth-order valence-electron chi connectivity index (χ4n) is 1.51. The Balaban J connectivity index is 2.72. The highest BCUT2D eigenvalue weighted by Crippen LogP contribution is 2.22. The lowest BCUT2D eigenvalue weighted by molar-refractivity contribution is -0.284. The highest BCUT2D eigenvalue weighted by molar-refractivity contribution is 5.89. The lowest BCUT2D eigenvalue weighted by Gasteiger charge is -2.23. The van der Waals surface area contributed by atoms with E-state index in [2.05, 4.69) is 0 Å². The SMILES string of the molecule is CCCC(C)(C)OOc1ccccc1C(=O)[O-]. The van der Waals surface area contributed by atoms with Gasteiger partial charge in [0.15, 0.2) is 5.75 Å². The molecular formula is C13H17O4-. The topological polar surface area (TPSA) is 58.6 Å². The van der Waals surface area contributed by atoms with E-state index in [1.54, 1.807) is 12.1 Å². The fourth-order valence-corrected chi connectivity index (χ4v) is 1.51. The van der Waals surface area contributed by atoms with E-state index in [1.807, 2.05) is 20.8 Å². The minimum atomic E-state index is -1.28. The van der Waals surface area contributed by atoms with Gasteiger partial charge in [-0.05, 0) is 32.4 Å². The number of carbonyl (C=O) groups is 1. The normalized spacial score (nSPS) is 11.2. The number of carboxylic acid groups (broad SMARTS) is 1. The maximum absolute atomic E-state index is 10.8. The summed E-state index contributed by atoms with van der Waals surface area (Å²) in [6.45, 7) is 5.82. The minimum absolute atomic E-state index is 0.0141. The molecule has 0 spiro atoms. The quantitative estimate of drug-likeness (QED) is 0.560. The molecule has 0 aliphatic rings. The summed E-state index contributed by atoms with van der Waals surface area (Å²) in [6.07, 6.45) is 1.78. The van der Waals surface area contributed by atoms with Gasteiger partial charge in [0.25, 0.3) is 0 Å². The Bertz CT molecular complexity index is 385. The second-order valence-electron chi connectivity index (χ2n) is 4.46. The molecule has 0 radical (unpaired) electrons. The molecule has 0 N–H and O–H groups in total. The molecule has 0 amide bonds. The molecule has 0 aliphatic carbocycles. The highest BCUT2D eigenvalue weighted by atomic mass is 17.2. The first-order valence-corrected chi connectivity index (χ1v) is 5.62. The maximum Gasteiger partial charge on any atom is 0.174 e. The second-order valence-corrected chi connectivity index (χ2v) is 4.46. The van der Waals surface area contributed by atoms with Gasteiger partial charge in [-0.2, -0.15) is 4.89 Å². The smallest absolute Gasteiger partial charge is 0.174 e. The lowest BCUT2D eigenvalue weighted by Crippen LogP contribution is -2.27. The molecule has 1 aromatic carbocycles. The van der Waals surface area contributed by atoms with E-state index in [1.165, 1.54) is 12.1 Å². The van der Waals surface area contributed by atoms with Crippen LogP contribution in [0.5, 0.6) is 5.75 Å². The van der Waals surface area contributed by atoms with Crippen LogP contribution in [0.4, 0.5) is 0 Å². The van der Waals surface area contributed by atoms with Crippen LogP contribution < -0.4 is 9.99 Å². The predicted octanol–water partition coefficient (Wildman–Crippen LogP) is 1.94. The van der Waals surface area contributed by atoms with Crippen LogP contribution in [0, 0.1) is 0 Å². The van der Waals surface area contributed by atoms with Crippen LogP contribution in [0.2, 0.25) is 0 Å². The zero-order valence-corrected chi connectivity index (χ0v) is 10.4. The largest absolute Gasteiger partial charge is 0.545 e. The van der Waals surface area contributed by atoms with E-state index < -0.39 is 11.6 Å². The Morgan fingerprint density at radius 2 is 2.00 bits per heavy atom. The number of hydrogen-bond donors (Lipinski definition) is 0. The fraction of sp³-hybridized carbons (Fsp3) is 0.462. The average Bonchev–Trinajstić information content (AvgIpc) is 2.27. The molecule has 0 unspecified atom stereocenters. The van der Waals surface area contributed by atoms with Gasteiger partial charge in [-0.1, -0.05) is 25.5 Å². The van der Waals surface area contributed by atoms with Gasteiger partial charge in [0.05, 0.1) is 5.97 Å².